The summed E-state index contributed by atoms with van der Waals surface area (Å²) in [6.07, 6.45) is 0.443. The number of ether oxygens (including phenoxy) is 1. The van der Waals surface area contributed by atoms with Crippen LogP contribution >= 0.6 is 11.6 Å². The maximum Gasteiger partial charge on any atom is 0.258 e. The van der Waals surface area contributed by atoms with Gasteiger partial charge >= 0.3 is 0 Å². The number of para-hydroxylation sites is 1. The number of hydrogen-bond donors (Lipinski definition) is 0. The van der Waals surface area contributed by atoms with Crippen LogP contribution in [0.1, 0.15) is 29.3 Å². The molecule has 1 unspecified atom stereocenters. The predicted molar refractivity (Wildman–Crippen MR) is 106 cm³/mol. The minimum absolute atomic E-state index is 0.0108. The molecule has 0 saturated carbocycles. The van der Waals surface area contributed by atoms with Crippen LogP contribution in [0.15, 0.2) is 48.5 Å². The zero-order valence-electron chi connectivity index (χ0n) is 15.1. The molecule has 2 aromatic rings. The van der Waals surface area contributed by atoms with Crippen LogP contribution in [0, 0.1) is 0 Å². The molecular weight excluding hydrogens is 386 g/mol. The zero-order chi connectivity index (χ0) is 19.4. The summed E-state index contributed by atoms with van der Waals surface area (Å²) < 4.78 is 29.6. The lowest BCUT2D eigenvalue weighted by Crippen LogP contribution is -2.40. The number of carbonyl (C=O) groups excluding carboxylic acids is 1. The Kier molecular flexibility index (Phi) is 6.07. The van der Waals surface area contributed by atoms with Crippen molar-refractivity contribution >= 4 is 27.3 Å². The molecule has 1 aliphatic heterocycles. The summed E-state index contributed by atoms with van der Waals surface area (Å²) in [5.41, 5.74) is 1.34. The van der Waals surface area contributed by atoms with E-state index in [9.17, 15) is 13.2 Å². The first-order valence-corrected chi connectivity index (χ1v) is 11.1. The molecule has 1 aliphatic rings. The molecule has 1 atom stereocenters. The highest BCUT2D eigenvalue weighted by molar-refractivity contribution is 7.91. The second-order valence-corrected chi connectivity index (χ2v) is 9.21. The quantitative estimate of drug-likeness (QED) is 0.734. The van der Waals surface area contributed by atoms with E-state index in [-0.39, 0.29) is 23.5 Å². The third kappa shape index (κ3) is 4.82. The summed E-state index contributed by atoms with van der Waals surface area (Å²) in [6.45, 7) is 2.62. The Morgan fingerprint density at radius 3 is 2.52 bits per heavy atom. The van der Waals surface area contributed by atoms with Crippen LogP contribution in [-0.2, 0) is 16.4 Å². The third-order valence-electron chi connectivity index (χ3n) is 4.59. The number of amides is 1. The summed E-state index contributed by atoms with van der Waals surface area (Å²) in [5.74, 6) is 0.376. The van der Waals surface area contributed by atoms with Crippen LogP contribution in [0.2, 0.25) is 5.02 Å². The van der Waals surface area contributed by atoms with Crippen molar-refractivity contribution in [2.45, 2.75) is 25.9 Å². The fourth-order valence-electron chi connectivity index (χ4n) is 3.25. The second-order valence-electron chi connectivity index (χ2n) is 6.55. The Balaban J connectivity index is 1.94. The van der Waals surface area contributed by atoms with E-state index in [1.54, 1.807) is 35.2 Å². The molecule has 1 heterocycles. The van der Waals surface area contributed by atoms with Gasteiger partial charge in [-0.1, -0.05) is 35.9 Å². The predicted octanol–water partition coefficient (Wildman–Crippen LogP) is 3.57. The molecule has 3 rings (SSSR count). The van der Waals surface area contributed by atoms with E-state index in [0.717, 1.165) is 5.56 Å². The van der Waals surface area contributed by atoms with Gasteiger partial charge in [-0.25, -0.2) is 8.42 Å². The second kappa shape index (κ2) is 8.31. The van der Waals surface area contributed by atoms with E-state index < -0.39 is 9.84 Å². The topological polar surface area (TPSA) is 63.7 Å². The van der Waals surface area contributed by atoms with Crippen molar-refractivity contribution in [3.63, 3.8) is 0 Å². The molecule has 5 nitrogen and oxygen atoms in total. The van der Waals surface area contributed by atoms with E-state index >= 15 is 0 Å². The summed E-state index contributed by atoms with van der Waals surface area (Å²) in [7, 11) is -3.12. The van der Waals surface area contributed by atoms with Gasteiger partial charge in [-0.05, 0) is 43.2 Å². The summed E-state index contributed by atoms with van der Waals surface area (Å²) >= 11 is 5.95. The maximum absolute atomic E-state index is 13.3. The molecule has 0 radical (unpaired) electrons. The molecule has 1 fully saturated rings. The highest BCUT2D eigenvalue weighted by Crippen LogP contribution is 2.26. The van der Waals surface area contributed by atoms with Gasteiger partial charge in [-0.2, -0.15) is 0 Å². The largest absolute Gasteiger partial charge is 0.493 e. The van der Waals surface area contributed by atoms with Gasteiger partial charge in [0.15, 0.2) is 9.84 Å². The van der Waals surface area contributed by atoms with E-state index in [4.69, 9.17) is 16.3 Å². The summed E-state index contributed by atoms with van der Waals surface area (Å²) in [5, 5.41) is 0.613. The lowest BCUT2D eigenvalue weighted by Gasteiger charge is -2.29. The van der Waals surface area contributed by atoms with Gasteiger partial charge in [0.05, 0.1) is 23.7 Å². The van der Waals surface area contributed by atoms with Crippen molar-refractivity contribution in [1.82, 2.24) is 4.90 Å². The van der Waals surface area contributed by atoms with E-state index in [1.807, 2.05) is 25.1 Å². The fourth-order valence-corrected chi connectivity index (χ4v) is 5.11. The minimum Gasteiger partial charge on any atom is -0.493 e. The number of halogens is 1. The molecule has 0 bridgehead atoms. The monoisotopic (exact) mass is 407 g/mol. The first-order valence-electron chi connectivity index (χ1n) is 8.87. The van der Waals surface area contributed by atoms with E-state index in [0.29, 0.717) is 35.9 Å². The Morgan fingerprint density at radius 2 is 1.89 bits per heavy atom. The standard InChI is InChI=1S/C20H22ClNO4S/c1-2-26-19-6-4-3-5-18(19)20(23)22(17-11-12-27(24,25)14-17)13-15-7-9-16(21)10-8-15/h3-10,17H,2,11-14H2,1H3. The van der Waals surface area contributed by atoms with Crippen LogP contribution < -0.4 is 4.74 Å². The minimum atomic E-state index is -3.12. The molecule has 144 valence electrons. The molecule has 0 aliphatic carbocycles. The van der Waals surface area contributed by atoms with Crippen LogP contribution in [0.5, 0.6) is 5.75 Å². The molecule has 0 aromatic heterocycles. The van der Waals surface area contributed by atoms with Crippen molar-refractivity contribution in [3.8, 4) is 5.75 Å². The highest BCUT2D eigenvalue weighted by Gasteiger charge is 2.35. The van der Waals surface area contributed by atoms with Gasteiger partial charge in [0.25, 0.3) is 5.91 Å². The van der Waals surface area contributed by atoms with Gasteiger partial charge < -0.3 is 9.64 Å². The average Bonchev–Trinajstić information content (AvgIpc) is 3.01. The smallest absolute Gasteiger partial charge is 0.258 e. The number of carbonyl (C=O) groups is 1. The lowest BCUT2D eigenvalue weighted by atomic mass is 10.1. The Bertz CT molecular complexity index is 912. The zero-order valence-corrected chi connectivity index (χ0v) is 16.7. The number of sulfone groups is 1. The number of rotatable bonds is 6. The SMILES string of the molecule is CCOc1ccccc1C(=O)N(Cc1ccc(Cl)cc1)C1CCS(=O)(=O)C1. The summed E-state index contributed by atoms with van der Waals surface area (Å²) in [6, 6.07) is 13.9. The van der Waals surface area contributed by atoms with Crippen LogP contribution in [-0.4, -0.2) is 43.4 Å². The Hall–Kier alpha value is -2.05. The maximum atomic E-state index is 13.3. The van der Waals surface area contributed by atoms with Gasteiger partial charge in [-0.3, -0.25) is 4.79 Å². The highest BCUT2D eigenvalue weighted by atomic mass is 35.5. The molecular formula is C20H22ClNO4S. The molecule has 1 saturated heterocycles. The van der Waals surface area contributed by atoms with Crippen LogP contribution in [0.3, 0.4) is 0 Å². The molecule has 1 amide bonds. The average molecular weight is 408 g/mol. The number of nitrogens with zero attached hydrogens (tertiary/aromatic N) is 1. The molecule has 7 heteroatoms. The van der Waals surface area contributed by atoms with Crippen molar-refractivity contribution in [2.24, 2.45) is 0 Å². The third-order valence-corrected chi connectivity index (χ3v) is 6.60. The van der Waals surface area contributed by atoms with Gasteiger partial charge in [-0.15, -0.1) is 0 Å². The molecule has 27 heavy (non-hydrogen) atoms. The van der Waals surface area contributed by atoms with Gasteiger partial charge in [0.2, 0.25) is 0 Å². The lowest BCUT2D eigenvalue weighted by molar-refractivity contribution is 0.0676. The van der Waals surface area contributed by atoms with Crippen molar-refractivity contribution in [1.29, 1.82) is 0 Å². The van der Waals surface area contributed by atoms with Crippen molar-refractivity contribution < 1.29 is 17.9 Å². The van der Waals surface area contributed by atoms with Crippen LogP contribution in [0.4, 0.5) is 0 Å². The molecule has 0 spiro atoms. The first kappa shape index (κ1) is 19.7. The van der Waals surface area contributed by atoms with E-state index in [1.165, 1.54) is 0 Å². The normalized spacial score (nSPS) is 18.2. The number of hydrogen-bond acceptors (Lipinski definition) is 4. The Morgan fingerprint density at radius 1 is 1.19 bits per heavy atom. The Labute approximate surface area is 164 Å². The van der Waals surface area contributed by atoms with Gasteiger partial charge in [0.1, 0.15) is 5.75 Å². The van der Waals surface area contributed by atoms with Gasteiger partial charge in [0, 0.05) is 17.6 Å². The first-order chi connectivity index (χ1) is 12.9. The molecule has 2 aromatic carbocycles. The fraction of sp³-hybridized carbons (Fsp3) is 0.350. The van der Waals surface area contributed by atoms with Crippen molar-refractivity contribution in [3.05, 3.63) is 64.7 Å². The number of benzene rings is 2. The summed E-state index contributed by atoms with van der Waals surface area (Å²) in [4.78, 5) is 15.0. The van der Waals surface area contributed by atoms with E-state index in [2.05, 4.69) is 0 Å². The molecule has 0 N–H and O–H groups in total. The van der Waals surface area contributed by atoms with Crippen molar-refractivity contribution in [2.75, 3.05) is 18.1 Å². The van der Waals surface area contributed by atoms with Crippen LogP contribution in [0.25, 0.3) is 0 Å².